The molecule has 2 aliphatic rings. The molecule has 3 heterocycles. The molecule has 1 aromatic carbocycles. The maximum absolute atomic E-state index is 12.9. The number of benzene rings is 1. The second-order valence-corrected chi connectivity index (χ2v) is 9.50. The average molecular weight is 456 g/mol. The van der Waals surface area contributed by atoms with Gasteiger partial charge in [-0.3, -0.25) is 19.7 Å². The summed E-state index contributed by atoms with van der Waals surface area (Å²) >= 11 is 0. The lowest BCUT2D eigenvalue weighted by molar-refractivity contribution is -0.136. The van der Waals surface area contributed by atoms with Crippen LogP contribution in [0, 0.1) is 5.92 Å². The van der Waals surface area contributed by atoms with Crippen LogP contribution in [0.1, 0.15) is 46.1 Å². The number of rotatable bonds is 4. The van der Waals surface area contributed by atoms with Crippen LogP contribution in [0.4, 0.5) is 4.79 Å². The zero-order chi connectivity index (χ0) is 23.8. The minimum atomic E-state index is -0.800. The third kappa shape index (κ3) is 5.15. The van der Waals surface area contributed by atoms with Gasteiger partial charge in [-0.1, -0.05) is 0 Å². The highest BCUT2D eigenvalue weighted by Crippen LogP contribution is 2.24. The van der Waals surface area contributed by atoms with Gasteiger partial charge >= 0.3 is 6.09 Å². The summed E-state index contributed by atoms with van der Waals surface area (Å²) in [5.41, 5.74) is -0.918. The number of ether oxygens (including phenoxy) is 2. The molecule has 2 atom stereocenters. The van der Waals surface area contributed by atoms with Crippen LogP contribution in [0.2, 0.25) is 0 Å². The molecule has 2 fully saturated rings. The van der Waals surface area contributed by atoms with Gasteiger partial charge in [-0.05, 0) is 51.8 Å². The number of hydrogen-bond acceptors (Lipinski definition) is 7. The van der Waals surface area contributed by atoms with Gasteiger partial charge in [-0.2, -0.15) is 5.10 Å². The fourth-order valence-electron chi connectivity index (χ4n) is 4.04. The van der Waals surface area contributed by atoms with Crippen molar-refractivity contribution in [2.24, 2.45) is 5.92 Å². The zero-order valence-corrected chi connectivity index (χ0v) is 19.0. The number of nitrogens with one attached hydrogen (secondary N) is 1. The molecule has 0 aliphatic carbocycles. The topological polar surface area (TPSA) is 120 Å². The number of aromatic nitrogens is 2. The summed E-state index contributed by atoms with van der Waals surface area (Å²) in [6.45, 7) is 7.16. The predicted molar refractivity (Wildman–Crippen MR) is 119 cm³/mol. The Morgan fingerprint density at radius 1 is 1.21 bits per heavy atom. The van der Waals surface area contributed by atoms with Gasteiger partial charge in [0.05, 0.1) is 18.2 Å². The van der Waals surface area contributed by atoms with E-state index in [0.29, 0.717) is 36.2 Å². The van der Waals surface area contributed by atoms with Crippen LogP contribution >= 0.6 is 0 Å². The summed E-state index contributed by atoms with van der Waals surface area (Å²) in [7, 11) is 0. The van der Waals surface area contributed by atoms with Gasteiger partial charge in [0.25, 0.3) is 11.5 Å². The Hall–Kier alpha value is -3.43. The molecule has 3 amide bonds. The fraction of sp³-hybridized carbons (Fsp3) is 0.522. The molecule has 2 aliphatic heterocycles. The highest BCUT2D eigenvalue weighted by atomic mass is 16.6. The molecule has 2 aromatic rings. The summed E-state index contributed by atoms with van der Waals surface area (Å²) in [6, 6.07) is 4.29. The molecule has 2 saturated heterocycles. The van der Waals surface area contributed by atoms with Crippen LogP contribution in [0.3, 0.4) is 0 Å². The molecule has 1 N–H and O–H groups in total. The van der Waals surface area contributed by atoms with E-state index >= 15 is 0 Å². The zero-order valence-electron chi connectivity index (χ0n) is 19.0. The minimum absolute atomic E-state index is 0.169. The van der Waals surface area contributed by atoms with E-state index < -0.39 is 23.1 Å². The molecule has 0 bridgehead atoms. The monoisotopic (exact) mass is 456 g/mol. The van der Waals surface area contributed by atoms with Crippen molar-refractivity contribution in [3.05, 3.63) is 34.7 Å². The number of imide groups is 1. The van der Waals surface area contributed by atoms with Crippen LogP contribution in [0.25, 0.3) is 10.8 Å². The second kappa shape index (κ2) is 8.84. The Labute approximate surface area is 190 Å². The lowest BCUT2D eigenvalue weighted by Crippen LogP contribution is -2.45. The van der Waals surface area contributed by atoms with Gasteiger partial charge in [0.1, 0.15) is 17.4 Å². The van der Waals surface area contributed by atoms with E-state index in [4.69, 9.17) is 9.47 Å². The number of hydrogen-bond donors (Lipinski definition) is 1. The van der Waals surface area contributed by atoms with E-state index in [2.05, 4.69) is 10.4 Å². The standard InChI is InChI=1S/C23H28N4O6/c1-23(2,3)33-22(31)26-9-8-14(12-26)13-32-16-4-5-17-15(10-16)11-24-27(21(17)30)18-6-7-19(28)25-20(18)29/h4-5,10-11,14,18H,6-9,12-13H2,1-3H3,(H,25,28,29)/t14-,18?/m0/s1. The van der Waals surface area contributed by atoms with Gasteiger partial charge in [0.2, 0.25) is 5.91 Å². The van der Waals surface area contributed by atoms with Gasteiger partial charge < -0.3 is 14.4 Å². The van der Waals surface area contributed by atoms with E-state index in [1.807, 2.05) is 20.8 Å². The number of carbonyl (C=O) groups excluding carboxylic acids is 3. The van der Waals surface area contributed by atoms with Gasteiger partial charge in [0, 0.05) is 30.8 Å². The quantitative estimate of drug-likeness (QED) is 0.699. The molecule has 176 valence electrons. The van der Waals surface area contributed by atoms with Crippen LogP contribution in [-0.2, 0) is 14.3 Å². The minimum Gasteiger partial charge on any atom is -0.493 e. The molecule has 1 aromatic heterocycles. The molecule has 0 saturated carbocycles. The van der Waals surface area contributed by atoms with E-state index in [9.17, 15) is 19.2 Å². The summed E-state index contributed by atoms with van der Waals surface area (Å²) in [6.07, 6.45) is 2.44. The Balaban J connectivity index is 1.40. The van der Waals surface area contributed by atoms with Crippen molar-refractivity contribution in [2.45, 2.75) is 51.7 Å². The summed E-state index contributed by atoms with van der Waals surface area (Å²) in [4.78, 5) is 50.3. The van der Waals surface area contributed by atoms with Crippen LogP contribution in [0.5, 0.6) is 5.75 Å². The highest BCUT2D eigenvalue weighted by Gasteiger charge is 2.31. The number of piperidine rings is 1. The molecule has 33 heavy (non-hydrogen) atoms. The Bertz CT molecular complexity index is 1150. The van der Waals surface area contributed by atoms with E-state index in [0.717, 1.165) is 11.1 Å². The fourth-order valence-corrected chi connectivity index (χ4v) is 4.04. The lowest BCUT2D eigenvalue weighted by Gasteiger charge is -2.24. The van der Waals surface area contributed by atoms with Crippen molar-refractivity contribution in [3.8, 4) is 5.75 Å². The van der Waals surface area contributed by atoms with Gasteiger partial charge in [0.15, 0.2) is 0 Å². The van der Waals surface area contributed by atoms with Crippen molar-refractivity contribution in [1.82, 2.24) is 20.0 Å². The third-order valence-electron chi connectivity index (χ3n) is 5.71. The lowest BCUT2D eigenvalue weighted by atomic mass is 10.1. The van der Waals surface area contributed by atoms with Crippen LogP contribution in [-0.4, -0.2) is 57.9 Å². The molecular weight excluding hydrogens is 428 g/mol. The Morgan fingerprint density at radius 2 is 2.00 bits per heavy atom. The smallest absolute Gasteiger partial charge is 0.410 e. The number of nitrogens with zero attached hydrogens (tertiary/aromatic N) is 3. The van der Waals surface area contributed by atoms with Crippen molar-refractivity contribution in [3.63, 3.8) is 0 Å². The summed E-state index contributed by atoms with van der Waals surface area (Å²) in [5, 5.41) is 7.42. The molecule has 10 heteroatoms. The summed E-state index contributed by atoms with van der Waals surface area (Å²) < 4.78 is 12.5. The largest absolute Gasteiger partial charge is 0.493 e. The first-order chi connectivity index (χ1) is 15.6. The number of likely N-dealkylation sites (tertiary alicyclic amines) is 1. The Morgan fingerprint density at radius 3 is 2.73 bits per heavy atom. The maximum atomic E-state index is 12.9. The maximum Gasteiger partial charge on any atom is 0.410 e. The first-order valence-electron chi connectivity index (χ1n) is 11.1. The first-order valence-corrected chi connectivity index (χ1v) is 11.1. The van der Waals surface area contributed by atoms with E-state index in [1.54, 1.807) is 23.1 Å². The Kier molecular flexibility index (Phi) is 6.09. The van der Waals surface area contributed by atoms with E-state index in [1.165, 1.54) is 6.20 Å². The number of carbonyl (C=O) groups is 3. The molecular formula is C23H28N4O6. The molecule has 1 unspecified atom stereocenters. The molecule has 4 rings (SSSR count). The average Bonchev–Trinajstić information content (AvgIpc) is 3.21. The SMILES string of the molecule is CC(C)(C)OC(=O)N1CC[C@H](COc2ccc3c(=O)n(C4CCC(=O)NC4=O)ncc3c2)C1. The van der Waals surface area contributed by atoms with E-state index in [-0.39, 0.29) is 30.8 Å². The van der Waals surface area contributed by atoms with Crippen molar-refractivity contribution >= 4 is 28.7 Å². The predicted octanol–water partition coefficient (Wildman–Crippen LogP) is 2.01. The van der Waals surface area contributed by atoms with Crippen molar-refractivity contribution in [1.29, 1.82) is 0 Å². The molecule has 0 spiro atoms. The van der Waals surface area contributed by atoms with Crippen LogP contribution < -0.4 is 15.6 Å². The molecule has 10 nitrogen and oxygen atoms in total. The first kappa shape index (κ1) is 22.8. The molecule has 0 radical (unpaired) electrons. The normalized spacial score (nSPS) is 21.2. The number of amides is 3. The number of fused-ring (bicyclic) bond motifs is 1. The van der Waals surface area contributed by atoms with Crippen LogP contribution in [0.15, 0.2) is 29.2 Å². The second-order valence-electron chi connectivity index (χ2n) is 9.50. The van der Waals surface area contributed by atoms with Crippen molar-refractivity contribution in [2.75, 3.05) is 19.7 Å². The summed E-state index contributed by atoms with van der Waals surface area (Å²) in [5.74, 6) is -0.0782. The van der Waals surface area contributed by atoms with Gasteiger partial charge in [-0.15, -0.1) is 0 Å². The van der Waals surface area contributed by atoms with Gasteiger partial charge in [-0.25, -0.2) is 9.48 Å². The highest BCUT2D eigenvalue weighted by molar-refractivity contribution is 5.99. The van der Waals surface area contributed by atoms with Crippen molar-refractivity contribution < 1.29 is 23.9 Å². The third-order valence-corrected chi connectivity index (χ3v) is 5.71.